The van der Waals surface area contributed by atoms with E-state index >= 15 is 0 Å². The summed E-state index contributed by atoms with van der Waals surface area (Å²) in [5, 5.41) is 16.3. The molecule has 0 amide bonds. The van der Waals surface area contributed by atoms with E-state index in [2.05, 4.69) is 29.3 Å². The van der Waals surface area contributed by atoms with Crippen molar-refractivity contribution in [1.82, 2.24) is 0 Å². The summed E-state index contributed by atoms with van der Waals surface area (Å²) in [7, 11) is 0. The van der Waals surface area contributed by atoms with Crippen molar-refractivity contribution < 1.29 is 23.9 Å². The first-order chi connectivity index (χ1) is 14.3. The van der Waals surface area contributed by atoms with E-state index in [4.69, 9.17) is 14.2 Å². The maximum Gasteiger partial charge on any atom is 0.231 e. The third kappa shape index (κ3) is 2.24. The van der Waals surface area contributed by atoms with E-state index in [-0.39, 0.29) is 12.5 Å². The Labute approximate surface area is 167 Å². The van der Waals surface area contributed by atoms with Crippen LogP contribution in [0.4, 0.5) is 0 Å². The topological polar surface area (TPSA) is 51.8 Å². The number of aromatic hydroxyl groups is 1. The molecule has 3 aromatic carbocycles. The summed E-state index contributed by atoms with van der Waals surface area (Å²) in [4.78, 5) is 0. The molecule has 29 heavy (non-hydrogen) atoms. The monoisotopic (exact) mass is 386 g/mol. The van der Waals surface area contributed by atoms with Crippen molar-refractivity contribution in [2.24, 2.45) is 0 Å². The van der Waals surface area contributed by atoms with Crippen LogP contribution in [0.5, 0.6) is 23.0 Å². The number of nitrogens with zero attached hydrogens (tertiary/aromatic N) is 1. The van der Waals surface area contributed by atoms with Gasteiger partial charge < -0.3 is 19.3 Å². The molecule has 5 heteroatoms. The highest BCUT2D eigenvalue weighted by Gasteiger charge is 2.31. The summed E-state index contributed by atoms with van der Waals surface area (Å²) >= 11 is 0. The molecule has 0 aliphatic carbocycles. The average Bonchev–Trinajstić information content (AvgIpc) is 3.40. The Morgan fingerprint density at radius 3 is 2.76 bits per heavy atom. The van der Waals surface area contributed by atoms with Crippen molar-refractivity contribution in [2.45, 2.75) is 19.4 Å². The maximum absolute atomic E-state index is 11.0. The van der Waals surface area contributed by atoms with Crippen LogP contribution in [0.2, 0.25) is 0 Å². The van der Waals surface area contributed by atoms with Crippen LogP contribution in [0.15, 0.2) is 49.1 Å². The Balaban J connectivity index is 1.74. The van der Waals surface area contributed by atoms with Gasteiger partial charge in [-0.2, -0.15) is 4.57 Å². The van der Waals surface area contributed by atoms with Gasteiger partial charge >= 0.3 is 0 Å². The van der Waals surface area contributed by atoms with E-state index in [0.29, 0.717) is 12.4 Å². The Hall–Kier alpha value is -3.47. The van der Waals surface area contributed by atoms with Gasteiger partial charge in [-0.25, -0.2) is 0 Å². The van der Waals surface area contributed by atoms with E-state index in [1.165, 1.54) is 5.52 Å². The van der Waals surface area contributed by atoms with Gasteiger partial charge in [0.2, 0.25) is 12.3 Å². The number of ether oxygens (including phenoxy) is 3. The number of aromatic nitrogens is 1. The minimum absolute atomic E-state index is 0.211. The molecular formula is C24H20NO4+. The van der Waals surface area contributed by atoms with E-state index in [9.17, 15) is 5.11 Å². The van der Waals surface area contributed by atoms with Gasteiger partial charge in [0.25, 0.3) is 0 Å². The van der Waals surface area contributed by atoms with Gasteiger partial charge in [0, 0.05) is 18.2 Å². The predicted molar refractivity (Wildman–Crippen MR) is 111 cm³/mol. The van der Waals surface area contributed by atoms with Crippen molar-refractivity contribution in [3.63, 3.8) is 0 Å². The molecule has 0 spiro atoms. The highest BCUT2D eigenvalue weighted by Crippen LogP contribution is 2.43. The van der Waals surface area contributed by atoms with Crippen LogP contribution >= 0.6 is 0 Å². The predicted octanol–water partition coefficient (Wildman–Crippen LogP) is 4.38. The number of hydrogen-bond acceptors (Lipinski definition) is 4. The Morgan fingerprint density at radius 1 is 1.07 bits per heavy atom. The quantitative estimate of drug-likeness (QED) is 0.323. The van der Waals surface area contributed by atoms with Crippen molar-refractivity contribution in [3.8, 4) is 23.0 Å². The average molecular weight is 386 g/mol. The lowest BCUT2D eigenvalue weighted by atomic mass is 9.98. The molecule has 5 nitrogen and oxygen atoms in total. The molecule has 2 aliphatic heterocycles. The number of fused-ring (bicyclic) bond motifs is 9. The lowest BCUT2D eigenvalue weighted by Crippen LogP contribution is -2.34. The van der Waals surface area contributed by atoms with Crippen molar-refractivity contribution in [2.75, 3.05) is 13.4 Å². The molecule has 0 saturated carbocycles. The molecule has 0 radical (unpaired) electrons. The van der Waals surface area contributed by atoms with E-state index in [1.54, 1.807) is 6.08 Å². The molecule has 0 fully saturated rings. The summed E-state index contributed by atoms with van der Waals surface area (Å²) in [5.74, 6) is 2.28. The molecule has 1 N–H and O–H groups in total. The fourth-order valence-electron chi connectivity index (χ4n) is 4.74. The molecule has 1 aromatic heterocycles. The fourth-order valence-corrected chi connectivity index (χ4v) is 4.74. The van der Waals surface area contributed by atoms with Crippen LogP contribution in [-0.4, -0.2) is 18.5 Å². The first-order valence-electron chi connectivity index (χ1n) is 9.86. The Kier molecular flexibility index (Phi) is 3.42. The normalized spacial score (nSPS) is 14.6. The van der Waals surface area contributed by atoms with Crippen molar-refractivity contribution in [1.29, 1.82) is 0 Å². The summed E-state index contributed by atoms with van der Waals surface area (Å²) in [6.07, 6.45) is 3.65. The van der Waals surface area contributed by atoms with Gasteiger partial charge in [0.15, 0.2) is 28.7 Å². The SMILES string of the molecule is C=CCOc1ccc2c(c1O)c1[n+](c3c4cc5c(cc4ccc23)OCO5)CCC1. The minimum atomic E-state index is 0.211. The molecular weight excluding hydrogens is 366 g/mol. The van der Waals surface area contributed by atoms with Crippen LogP contribution in [-0.2, 0) is 13.0 Å². The molecule has 4 aromatic rings. The molecule has 3 heterocycles. The molecule has 6 rings (SSSR count). The lowest BCUT2D eigenvalue weighted by Gasteiger charge is -2.13. The Bertz CT molecular complexity index is 1340. The van der Waals surface area contributed by atoms with Crippen LogP contribution in [0.1, 0.15) is 12.1 Å². The van der Waals surface area contributed by atoms with E-state index in [1.807, 2.05) is 18.2 Å². The second kappa shape index (κ2) is 6.01. The standard InChI is InChI=1S/C24H19NO4/c1-2-10-27-19-8-7-15-16-6-5-14-11-20-21(29-13-28-20)12-17(14)23(16)25-9-3-4-18(25)22(15)24(19)26/h2,5-8,11-12H,1,3-4,9-10,13H2/p+1. The van der Waals surface area contributed by atoms with Crippen LogP contribution < -0.4 is 18.8 Å². The zero-order valence-corrected chi connectivity index (χ0v) is 15.9. The van der Waals surface area contributed by atoms with Crippen LogP contribution in [0, 0.1) is 0 Å². The second-order valence-electron chi connectivity index (χ2n) is 7.52. The Morgan fingerprint density at radius 2 is 1.90 bits per heavy atom. The lowest BCUT2D eigenvalue weighted by molar-refractivity contribution is -0.662. The fraction of sp³-hybridized carbons (Fsp3) is 0.208. The van der Waals surface area contributed by atoms with Gasteiger partial charge in [-0.05, 0) is 35.7 Å². The first-order valence-corrected chi connectivity index (χ1v) is 9.86. The number of aryl methyl sites for hydroxylation is 2. The van der Waals surface area contributed by atoms with Crippen molar-refractivity contribution >= 4 is 32.4 Å². The van der Waals surface area contributed by atoms with Crippen molar-refractivity contribution in [3.05, 3.63) is 54.7 Å². The molecule has 0 atom stereocenters. The number of hydrogen-bond donors (Lipinski definition) is 1. The highest BCUT2D eigenvalue weighted by molar-refractivity contribution is 6.16. The van der Waals surface area contributed by atoms with Gasteiger partial charge in [-0.1, -0.05) is 18.7 Å². The number of phenolic OH excluding ortho intramolecular Hbond substituents is 1. The van der Waals surface area contributed by atoms with Gasteiger partial charge in [-0.3, -0.25) is 0 Å². The first kappa shape index (κ1) is 16.5. The third-order valence-electron chi connectivity index (χ3n) is 5.95. The zero-order chi connectivity index (χ0) is 19.5. The number of pyridine rings is 1. The number of rotatable bonds is 3. The molecule has 0 saturated heterocycles. The summed E-state index contributed by atoms with van der Waals surface area (Å²) in [6, 6.07) is 12.3. The molecule has 0 bridgehead atoms. The van der Waals surface area contributed by atoms with E-state index < -0.39 is 0 Å². The van der Waals surface area contributed by atoms with Crippen LogP contribution in [0.3, 0.4) is 0 Å². The van der Waals surface area contributed by atoms with Crippen LogP contribution in [0.25, 0.3) is 32.4 Å². The van der Waals surface area contributed by atoms with Gasteiger partial charge in [-0.15, -0.1) is 0 Å². The molecule has 0 unspecified atom stereocenters. The second-order valence-corrected chi connectivity index (χ2v) is 7.52. The minimum Gasteiger partial charge on any atom is -0.504 e. The maximum atomic E-state index is 11.0. The van der Waals surface area contributed by atoms with Gasteiger partial charge in [0.05, 0.1) is 16.2 Å². The zero-order valence-electron chi connectivity index (χ0n) is 15.9. The number of phenols is 1. The summed E-state index contributed by atoms with van der Waals surface area (Å²) in [5.41, 5.74) is 2.33. The van der Waals surface area contributed by atoms with E-state index in [0.717, 1.165) is 63.5 Å². The number of benzene rings is 3. The molecule has 144 valence electrons. The summed E-state index contributed by atoms with van der Waals surface area (Å²) < 4.78 is 19.2. The third-order valence-corrected chi connectivity index (χ3v) is 5.95. The smallest absolute Gasteiger partial charge is 0.231 e. The van der Waals surface area contributed by atoms with Gasteiger partial charge in [0.1, 0.15) is 13.2 Å². The summed E-state index contributed by atoms with van der Waals surface area (Å²) in [6.45, 7) is 5.24. The largest absolute Gasteiger partial charge is 0.504 e. The molecule has 2 aliphatic rings. The highest BCUT2D eigenvalue weighted by atomic mass is 16.7.